The van der Waals surface area contributed by atoms with Gasteiger partial charge < -0.3 is 14.8 Å². The molecule has 146 valence electrons. The summed E-state index contributed by atoms with van der Waals surface area (Å²) in [5.74, 6) is -0.220. The van der Waals surface area contributed by atoms with Gasteiger partial charge >= 0.3 is 6.01 Å². The monoisotopic (exact) mass is 384 g/mol. The second kappa shape index (κ2) is 8.62. The third-order valence-corrected chi connectivity index (χ3v) is 3.66. The molecule has 1 aromatic heterocycles. The van der Waals surface area contributed by atoms with Crippen LogP contribution in [0, 0.1) is 5.82 Å². The predicted octanol–water partition coefficient (Wildman–Crippen LogP) is 3.45. The summed E-state index contributed by atoms with van der Waals surface area (Å²) in [6, 6.07) is 13.3. The molecule has 0 aliphatic heterocycles. The molecule has 1 amide bonds. The Kier molecular flexibility index (Phi) is 6.00. The maximum atomic E-state index is 13.7. The van der Waals surface area contributed by atoms with Gasteiger partial charge in [0.15, 0.2) is 5.82 Å². The van der Waals surface area contributed by atoms with E-state index in [0.29, 0.717) is 22.8 Å². The van der Waals surface area contributed by atoms with Gasteiger partial charge in [-0.1, -0.05) is 18.2 Å². The first-order chi connectivity index (χ1) is 13.5. The zero-order valence-corrected chi connectivity index (χ0v) is 15.8. The molecule has 8 heteroatoms. The van der Waals surface area contributed by atoms with E-state index in [2.05, 4.69) is 15.4 Å². The van der Waals surface area contributed by atoms with Crippen molar-refractivity contribution in [1.82, 2.24) is 14.8 Å². The molecular formula is C20H21FN4O3. The van der Waals surface area contributed by atoms with Gasteiger partial charge in [-0.05, 0) is 44.2 Å². The van der Waals surface area contributed by atoms with Crippen molar-refractivity contribution in [2.24, 2.45) is 0 Å². The van der Waals surface area contributed by atoms with Crippen LogP contribution < -0.4 is 10.1 Å². The van der Waals surface area contributed by atoms with Gasteiger partial charge in [-0.25, -0.2) is 9.07 Å². The lowest BCUT2D eigenvalue weighted by Crippen LogP contribution is -2.17. The van der Waals surface area contributed by atoms with E-state index in [-0.39, 0.29) is 30.4 Å². The van der Waals surface area contributed by atoms with Crippen molar-refractivity contribution in [1.29, 1.82) is 0 Å². The van der Waals surface area contributed by atoms with Gasteiger partial charge in [-0.3, -0.25) is 4.79 Å². The van der Waals surface area contributed by atoms with Crippen LogP contribution in [-0.4, -0.2) is 40.5 Å². The number of benzene rings is 2. The van der Waals surface area contributed by atoms with Crippen LogP contribution in [0.5, 0.6) is 6.01 Å². The Morgan fingerprint density at radius 2 is 2.00 bits per heavy atom. The highest BCUT2D eigenvalue weighted by molar-refractivity contribution is 5.91. The van der Waals surface area contributed by atoms with Crippen LogP contribution >= 0.6 is 0 Å². The van der Waals surface area contributed by atoms with Crippen molar-refractivity contribution < 1.29 is 18.7 Å². The normalized spacial score (nSPS) is 10.9. The van der Waals surface area contributed by atoms with Crippen molar-refractivity contribution in [2.75, 3.05) is 19.0 Å². The molecule has 0 unspecified atom stereocenters. The minimum absolute atomic E-state index is 0.0472. The van der Waals surface area contributed by atoms with Crippen LogP contribution in [0.1, 0.15) is 13.8 Å². The first-order valence-corrected chi connectivity index (χ1v) is 8.75. The number of anilines is 1. The first kappa shape index (κ1) is 19.5. The van der Waals surface area contributed by atoms with Crippen molar-refractivity contribution in [2.45, 2.75) is 20.0 Å². The van der Waals surface area contributed by atoms with Gasteiger partial charge in [0.25, 0.3) is 0 Å². The molecule has 0 spiro atoms. The molecule has 7 nitrogen and oxygen atoms in total. The quantitative estimate of drug-likeness (QED) is 0.675. The van der Waals surface area contributed by atoms with E-state index in [4.69, 9.17) is 9.47 Å². The number of carbonyl (C=O) groups is 1. The Bertz CT molecular complexity index is 972. The van der Waals surface area contributed by atoms with Gasteiger partial charge in [-0.15, -0.1) is 5.10 Å². The Labute approximate surface area is 162 Å². The molecular weight excluding hydrogens is 363 g/mol. The molecule has 3 rings (SSSR count). The van der Waals surface area contributed by atoms with Crippen LogP contribution in [0.25, 0.3) is 17.1 Å². The van der Waals surface area contributed by atoms with Gasteiger partial charge in [0.05, 0.1) is 11.8 Å². The summed E-state index contributed by atoms with van der Waals surface area (Å²) < 4.78 is 25.7. The topological polar surface area (TPSA) is 78.3 Å². The van der Waals surface area contributed by atoms with Crippen molar-refractivity contribution in [3.05, 3.63) is 54.3 Å². The van der Waals surface area contributed by atoms with Crippen LogP contribution in [-0.2, 0) is 9.53 Å². The second-order valence-corrected chi connectivity index (χ2v) is 6.34. The number of hydrogen-bond acceptors (Lipinski definition) is 5. The van der Waals surface area contributed by atoms with E-state index in [9.17, 15) is 9.18 Å². The summed E-state index contributed by atoms with van der Waals surface area (Å²) in [4.78, 5) is 16.2. The first-order valence-electron chi connectivity index (χ1n) is 8.75. The van der Waals surface area contributed by atoms with E-state index in [0.717, 1.165) is 0 Å². The molecule has 0 aliphatic carbocycles. The Morgan fingerprint density at radius 1 is 1.21 bits per heavy atom. The number of ether oxygens (including phenoxy) is 2. The van der Waals surface area contributed by atoms with E-state index >= 15 is 0 Å². The Hall–Kier alpha value is -3.26. The summed E-state index contributed by atoms with van der Waals surface area (Å²) in [5, 5.41) is 7.15. The van der Waals surface area contributed by atoms with E-state index < -0.39 is 0 Å². The number of carbonyl (C=O) groups excluding carboxylic acids is 1. The lowest BCUT2D eigenvalue weighted by Gasteiger charge is -2.09. The number of nitrogens with zero attached hydrogens (tertiary/aromatic N) is 3. The number of rotatable bonds is 7. The van der Waals surface area contributed by atoms with Crippen LogP contribution in [0.4, 0.5) is 10.1 Å². The highest BCUT2D eigenvalue weighted by Crippen LogP contribution is 2.25. The second-order valence-electron chi connectivity index (χ2n) is 6.34. The minimum Gasteiger partial charge on any atom is -0.460 e. The van der Waals surface area contributed by atoms with Crippen LogP contribution in [0.15, 0.2) is 48.5 Å². The summed E-state index contributed by atoms with van der Waals surface area (Å²) in [6.07, 6.45) is -0.115. The van der Waals surface area contributed by atoms with Crippen molar-refractivity contribution >= 4 is 11.6 Å². The molecule has 1 heterocycles. The molecule has 0 aliphatic rings. The van der Waals surface area contributed by atoms with Gasteiger partial charge in [0.1, 0.15) is 12.4 Å². The van der Waals surface area contributed by atoms with Crippen molar-refractivity contribution in [3.63, 3.8) is 0 Å². The molecule has 0 atom stereocenters. The molecule has 0 radical (unpaired) electrons. The maximum Gasteiger partial charge on any atom is 0.336 e. The number of hydrogen-bond donors (Lipinski definition) is 1. The fourth-order valence-corrected chi connectivity index (χ4v) is 2.59. The number of aromatic nitrogens is 3. The number of halogens is 1. The molecule has 0 bridgehead atoms. The fourth-order valence-electron chi connectivity index (χ4n) is 2.59. The van der Waals surface area contributed by atoms with Gasteiger partial charge in [0.2, 0.25) is 5.91 Å². The zero-order valence-electron chi connectivity index (χ0n) is 15.8. The molecule has 0 saturated carbocycles. The molecule has 28 heavy (non-hydrogen) atoms. The van der Waals surface area contributed by atoms with E-state index in [1.54, 1.807) is 35.0 Å². The van der Waals surface area contributed by atoms with Crippen LogP contribution in [0.2, 0.25) is 0 Å². The summed E-state index contributed by atoms with van der Waals surface area (Å²) in [7, 11) is 1.45. The number of amides is 1. The lowest BCUT2D eigenvalue weighted by atomic mass is 10.2. The largest absolute Gasteiger partial charge is 0.460 e. The fraction of sp³-hybridized carbons (Fsp3) is 0.250. The average Bonchev–Trinajstić information content (AvgIpc) is 3.05. The highest BCUT2D eigenvalue weighted by atomic mass is 19.1. The summed E-state index contributed by atoms with van der Waals surface area (Å²) in [5.41, 5.74) is 1.77. The lowest BCUT2D eigenvalue weighted by molar-refractivity contribution is -0.119. The zero-order chi connectivity index (χ0) is 20.1. The molecule has 1 N–H and O–H groups in total. The standard InChI is InChI=1S/C20H21FN4O3/c1-13(2)28-20-23-19(14-6-4-7-15(21)10-14)25(24-20)17-9-5-8-16(11-17)22-18(26)12-27-3/h4-11,13H,12H2,1-3H3,(H,22,26). The van der Waals surface area contributed by atoms with Crippen molar-refractivity contribution in [3.8, 4) is 23.1 Å². The summed E-state index contributed by atoms with van der Waals surface area (Å²) >= 11 is 0. The maximum absolute atomic E-state index is 13.7. The van der Waals surface area contributed by atoms with E-state index in [1.807, 2.05) is 19.9 Å². The minimum atomic E-state index is -0.376. The number of methoxy groups -OCH3 is 1. The van der Waals surface area contributed by atoms with Gasteiger partial charge in [0, 0.05) is 18.4 Å². The Morgan fingerprint density at radius 3 is 2.71 bits per heavy atom. The van der Waals surface area contributed by atoms with Crippen LogP contribution in [0.3, 0.4) is 0 Å². The number of nitrogens with one attached hydrogen (secondary N) is 1. The van der Waals surface area contributed by atoms with Gasteiger partial charge in [-0.2, -0.15) is 4.98 Å². The third-order valence-electron chi connectivity index (χ3n) is 3.66. The molecule has 0 saturated heterocycles. The van der Waals surface area contributed by atoms with E-state index in [1.165, 1.54) is 19.2 Å². The molecule has 0 fully saturated rings. The molecule has 2 aromatic carbocycles. The predicted molar refractivity (Wildman–Crippen MR) is 103 cm³/mol. The highest BCUT2D eigenvalue weighted by Gasteiger charge is 2.16. The summed E-state index contributed by atoms with van der Waals surface area (Å²) in [6.45, 7) is 3.69. The SMILES string of the molecule is COCC(=O)Nc1cccc(-n2nc(OC(C)C)nc2-c2cccc(F)c2)c1. The molecule has 3 aromatic rings. The average molecular weight is 384 g/mol. The third kappa shape index (κ3) is 4.72. The Balaban J connectivity index is 2.02. The smallest absolute Gasteiger partial charge is 0.336 e.